The van der Waals surface area contributed by atoms with Crippen LogP contribution in [0.1, 0.15) is 11.6 Å². The minimum Gasteiger partial charge on any atom is -0.478 e. The maximum absolute atomic E-state index is 13.1. The third-order valence-electron chi connectivity index (χ3n) is 4.99. The normalized spacial score (nSPS) is 18.3. The summed E-state index contributed by atoms with van der Waals surface area (Å²) in [6, 6.07) is 22.6. The fourth-order valence-electron chi connectivity index (χ4n) is 3.52. The van der Waals surface area contributed by atoms with Crippen LogP contribution in [0.4, 0.5) is 10.8 Å². The molecule has 5 rings (SSSR count). The van der Waals surface area contributed by atoms with Crippen molar-refractivity contribution in [3.05, 3.63) is 94.5 Å². The third-order valence-corrected chi connectivity index (χ3v) is 6.02. The summed E-state index contributed by atoms with van der Waals surface area (Å²) in [5.74, 6) is 0.396. The lowest BCUT2D eigenvalue weighted by Crippen LogP contribution is -2.61. The van der Waals surface area contributed by atoms with Gasteiger partial charge in [0.05, 0.1) is 15.1 Å². The van der Waals surface area contributed by atoms with Crippen LogP contribution in [0, 0.1) is 10.1 Å². The van der Waals surface area contributed by atoms with E-state index < -0.39 is 17.1 Å². The van der Waals surface area contributed by atoms with Crippen LogP contribution in [0.2, 0.25) is 0 Å². The molecular weight excluding hydrogens is 402 g/mol. The van der Waals surface area contributed by atoms with Crippen molar-refractivity contribution in [2.45, 2.75) is 12.1 Å². The number of hydrogen-bond donors (Lipinski definition) is 0. The maximum atomic E-state index is 13.1. The second-order valence-corrected chi connectivity index (χ2v) is 7.83. The van der Waals surface area contributed by atoms with Crippen molar-refractivity contribution in [2.24, 2.45) is 0 Å². The predicted molar refractivity (Wildman–Crippen MR) is 114 cm³/mol. The van der Waals surface area contributed by atoms with Crippen LogP contribution in [0.3, 0.4) is 0 Å². The average Bonchev–Trinajstić information content (AvgIpc) is 3.19. The molecule has 2 atom stereocenters. The minimum absolute atomic E-state index is 0.00327. The molecule has 0 saturated carbocycles. The summed E-state index contributed by atoms with van der Waals surface area (Å²) in [5.41, 5.74) is 1.57. The Morgan fingerprint density at radius 3 is 2.37 bits per heavy atom. The summed E-state index contributed by atoms with van der Waals surface area (Å²) in [6.45, 7) is 0. The molecule has 4 aromatic rings. The zero-order valence-electron chi connectivity index (χ0n) is 15.5. The SMILES string of the molecule is O=C1C(Oc2ccccc2)C(c2ccc([N+](=O)[O-])cc2)N1c1nc2ccccc2s1. The Morgan fingerprint density at radius 2 is 1.67 bits per heavy atom. The zero-order valence-corrected chi connectivity index (χ0v) is 16.4. The molecule has 7 nitrogen and oxygen atoms in total. The topological polar surface area (TPSA) is 85.6 Å². The van der Waals surface area contributed by atoms with E-state index in [1.807, 2.05) is 42.5 Å². The third kappa shape index (κ3) is 3.07. The second kappa shape index (κ2) is 7.23. The number of rotatable bonds is 5. The Morgan fingerprint density at radius 1 is 0.967 bits per heavy atom. The van der Waals surface area contributed by atoms with Gasteiger partial charge in [0.15, 0.2) is 5.13 Å². The molecule has 1 saturated heterocycles. The first kappa shape index (κ1) is 18.3. The number of carbonyl (C=O) groups is 1. The molecule has 1 fully saturated rings. The number of ether oxygens (including phenoxy) is 1. The van der Waals surface area contributed by atoms with Gasteiger partial charge in [-0.25, -0.2) is 4.98 Å². The molecule has 0 spiro atoms. The fraction of sp³-hybridized carbons (Fsp3) is 0.0909. The monoisotopic (exact) mass is 417 g/mol. The molecule has 3 aromatic carbocycles. The van der Waals surface area contributed by atoms with Crippen LogP contribution in [-0.4, -0.2) is 21.9 Å². The maximum Gasteiger partial charge on any atom is 0.273 e. The number of aromatic nitrogens is 1. The number of non-ortho nitro benzene ring substituents is 1. The van der Waals surface area contributed by atoms with E-state index in [1.165, 1.54) is 23.5 Å². The number of nitro groups is 1. The first-order valence-corrected chi connectivity index (χ1v) is 10.1. The quantitative estimate of drug-likeness (QED) is 0.266. The predicted octanol–water partition coefficient (Wildman–Crippen LogP) is 4.74. The number of anilines is 1. The second-order valence-electron chi connectivity index (χ2n) is 6.82. The van der Waals surface area contributed by atoms with Crippen molar-refractivity contribution in [2.75, 3.05) is 4.90 Å². The van der Waals surface area contributed by atoms with Gasteiger partial charge in [-0.1, -0.05) is 41.7 Å². The summed E-state index contributed by atoms with van der Waals surface area (Å²) < 4.78 is 6.97. The standard InChI is InChI=1S/C22H15N3O4S/c26-21-20(29-16-6-2-1-3-7-16)19(14-10-12-15(13-11-14)25(27)28)24(21)22-23-17-8-4-5-9-18(17)30-22/h1-13,19-20H. The first-order chi connectivity index (χ1) is 14.6. The van der Waals surface area contributed by atoms with Crippen LogP contribution < -0.4 is 9.64 Å². The summed E-state index contributed by atoms with van der Waals surface area (Å²) >= 11 is 1.43. The number of hydrogen-bond acceptors (Lipinski definition) is 6. The van der Waals surface area contributed by atoms with Gasteiger partial charge in [0.25, 0.3) is 11.6 Å². The van der Waals surface area contributed by atoms with Gasteiger partial charge in [-0.2, -0.15) is 0 Å². The zero-order chi connectivity index (χ0) is 20.7. The highest BCUT2D eigenvalue weighted by Gasteiger charge is 2.52. The summed E-state index contributed by atoms with van der Waals surface area (Å²) in [7, 11) is 0. The summed E-state index contributed by atoms with van der Waals surface area (Å²) in [4.78, 5) is 29.9. The Kier molecular flexibility index (Phi) is 4.40. The van der Waals surface area contributed by atoms with Gasteiger partial charge in [0.2, 0.25) is 6.10 Å². The lowest BCUT2D eigenvalue weighted by atomic mass is 9.91. The number of benzene rings is 3. The van der Waals surface area contributed by atoms with Gasteiger partial charge in [-0.05, 0) is 42.0 Å². The number of fused-ring (bicyclic) bond motifs is 1. The molecule has 0 N–H and O–H groups in total. The molecule has 148 valence electrons. The lowest BCUT2D eigenvalue weighted by Gasteiger charge is -2.45. The minimum atomic E-state index is -0.735. The van der Waals surface area contributed by atoms with E-state index >= 15 is 0 Å². The van der Waals surface area contributed by atoms with Crippen molar-refractivity contribution >= 4 is 38.3 Å². The van der Waals surface area contributed by atoms with Crippen molar-refractivity contribution in [1.29, 1.82) is 0 Å². The van der Waals surface area contributed by atoms with Gasteiger partial charge in [-0.3, -0.25) is 19.8 Å². The smallest absolute Gasteiger partial charge is 0.273 e. The van der Waals surface area contributed by atoms with E-state index in [4.69, 9.17) is 4.74 Å². The van der Waals surface area contributed by atoms with Gasteiger partial charge in [0.1, 0.15) is 11.8 Å². The van der Waals surface area contributed by atoms with Crippen molar-refractivity contribution in [3.63, 3.8) is 0 Å². The molecular formula is C22H15N3O4S. The van der Waals surface area contributed by atoms with Crippen LogP contribution in [0.5, 0.6) is 5.75 Å². The fourth-order valence-corrected chi connectivity index (χ4v) is 4.52. The molecule has 8 heteroatoms. The van der Waals surface area contributed by atoms with Gasteiger partial charge >= 0.3 is 0 Å². The van der Waals surface area contributed by atoms with Crippen LogP contribution >= 0.6 is 11.3 Å². The molecule has 1 aliphatic heterocycles. The van der Waals surface area contributed by atoms with E-state index in [0.29, 0.717) is 10.9 Å². The van der Waals surface area contributed by atoms with E-state index in [1.54, 1.807) is 29.2 Å². The molecule has 1 aromatic heterocycles. The first-order valence-electron chi connectivity index (χ1n) is 9.26. The molecule has 0 bridgehead atoms. The molecule has 0 aliphatic carbocycles. The summed E-state index contributed by atoms with van der Waals surface area (Å²) in [5, 5.41) is 11.6. The van der Waals surface area contributed by atoms with Gasteiger partial charge in [-0.15, -0.1) is 0 Å². The number of thiazole rings is 1. The number of para-hydroxylation sites is 2. The van der Waals surface area contributed by atoms with Crippen molar-refractivity contribution in [1.82, 2.24) is 4.98 Å². The average molecular weight is 417 g/mol. The molecule has 2 unspecified atom stereocenters. The van der Waals surface area contributed by atoms with E-state index in [2.05, 4.69) is 4.98 Å². The number of nitrogens with zero attached hydrogens (tertiary/aromatic N) is 3. The number of amides is 1. The highest BCUT2D eigenvalue weighted by Crippen LogP contribution is 2.44. The Hall–Kier alpha value is -3.78. The van der Waals surface area contributed by atoms with Crippen molar-refractivity contribution in [3.8, 4) is 5.75 Å². The van der Waals surface area contributed by atoms with Crippen LogP contribution in [0.25, 0.3) is 10.2 Å². The number of β-lactam (4-membered cyclic amide) rings is 1. The Labute approximate surface area is 175 Å². The van der Waals surface area contributed by atoms with Crippen LogP contribution in [0.15, 0.2) is 78.9 Å². The molecule has 1 amide bonds. The highest BCUT2D eigenvalue weighted by molar-refractivity contribution is 7.22. The highest BCUT2D eigenvalue weighted by atomic mass is 32.1. The number of nitro benzene ring substituents is 1. The Balaban J connectivity index is 1.53. The van der Waals surface area contributed by atoms with Gasteiger partial charge < -0.3 is 4.74 Å². The molecule has 30 heavy (non-hydrogen) atoms. The number of carbonyl (C=O) groups excluding carboxylic acids is 1. The van der Waals surface area contributed by atoms with Crippen molar-refractivity contribution < 1.29 is 14.5 Å². The molecule has 0 radical (unpaired) electrons. The largest absolute Gasteiger partial charge is 0.478 e. The van der Waals surface area contributed by atoms with Crippen LogP contribution in [-0.2, 0) is 4.79 Å². The van der Waals surface area contributed by atoms with E-state index in [-0.39, 0.29) is 11.6 Å². The summed E-state index contributed by atoms with van der Waals surface area (Å²) in [6.07, 6.45) is -0.735. The lowest BCUT2D eigenvalue weighted by molar-refractivity contribution is -0.384. The molecule has 2 heterocycles. The van der Waals surface area contributed by atoms with E-state index in [9.17, 15) is 14.9 Å². The Bertz CT molecular complexity index is 1210. The van der Waals surface area contributed by atoms with E-state index in [0.717, 1.165) is 15.8 Å². The van der Waals surface area contributed by atoms with Gasteiger partial charge in [0, 0.05) is 12.1 Å². The molecule has 1 aliphatic rings.